The largest absolute Gasteiger partial charge is 0.480 e. The maximum Gasteiger partial charge on any atom is 0.326 e. The molecule has 1 heterocycles. The van der Waals surface area contributed by atoms with Crippen molar-refractivity contribution in [3.05, 3.63) is 35.9 Å². The average Bonchev–Trinajstić information content (AvgIpc) is 3.35. The van der Waals surface area contributed by atoms with Gasteiger partial charge in [0.1, 0.15) is 18.1 Å². The first-order valence-electron chi connectivity index (χ1n) is 11.7. The number of carboxylic acid groups (broad SMARTS) is 1. The highest BCUT2D eigenvalue weighted by Crippen LogP contribution is 2.20. The van der Waals surface area contributed by atoms with E-state index in [1.807, 2.05) is 18.2 Å². The third kappa shape index (κ3) is 8.72. The lowest BCUT2D eigenvalue weighted by Crippen LogP contribution is -2.57. The van der Waals surface area contributed by atoms with Crippen LogP contribution in [-0.4, -0.2) is 82.7 Å². The molecule has 2 rings (SSSR count). The Morgan fingerprint density at radius 3 is 2.39 bits per heavy atom. The lowest BCUT2D eigenvalue weighted by molar-refractivity contribution is -0.149. The Bertz CT molecular complexity index is 942. The molecule has 13 heteroatoms. The van der Waals surface area contributed by atoms with Crippen molar-refractivity contribution in [1.29, 1.82) is 0 Å². The number of rotatable bonds is 13. The van der Waals surface area contributed by atoms with Gasteiger partial charge in [-0.15, -0.1) is 0 Å². The molecule has 1 aromatic carbocycles. The number of hydrogen-bond donors (Lipinski definition) is 7. The molecule has 0 radical (unpaired) electrons. The number of carbonyl (C=O) groups is 4. The quantitative estimate of drug-likeness (QED) is 0.0708. The number of hydrogen-bond acceptors (Lipinski definition) is 7. The van der Waals surface area contributed by atoms with Crippen molar-refractivity contribution in [3.8, 4) is 0 Å². The van der Waals surface area contributed by atoms with Gasteiger partial charge in [-0.2, -0.15) is 12.6 Å². The first kappa shape index (κ1) is 28.9. The van der Waals surface area contributed by atoms with Crippen molar-refractivity contribution in [3.63, 3.8) is 0 Å². The summed E-state index contributed by atoms with van der Waals surface area (Å²) in [7, 11) is 0. The topological polar surface area (TPSA) is 206 Å². The standard InChI is InChI=1S/C23H35N7O5S/c24-15(13-36)19(31)29-17(12-14-6-2-1-3-7-14)20(32)28-16(8-4-10-27-23(25)26)21(33)30-11-5-9-18(30)22(34)35/h1-3,6-7,15-18,36H,4-5,8-13,24H2,(H,28,32)(H,29,31)(H,34,35)(H4,25,26,27). The van der Waals surface area contributed by atoms with Gasteiger partial charge in [-0.05, 0) is 31.2 Å². The third-order valence-corrected chi connectivity index (χ3v) is 6.22. The molecule has 1 aliphatic rings. The summed E-state index contributed by atoms with van der Waals surface area (Å²) in [6.07, 6.45) is 1.58. The van der Waals surface area contributed by atoms with E-state index in [2.05, 4.69) is 28.3 Å². The van der Waals surface area contributed by atoms with E-state index in [-0.39, 0.29) is 37.6 Å². The Hall–Kier alpha value is -3.32. The van der Waals surface area contributed by atoms with E-state index in [1.165, 1.54) is 4.90 Å². The van der Waals surface area contributed by atoms with Crippen LogP contribution in [0.1, 0.15) is 31.2 Å². The van der Waals surface area contributed by atoms with Crippen molar-refractivity contribution < 1.29 is 24.3 Å². The molecule has 3 amide bonds. The SMILES string of the molecule is NC(N)=NCCCC(NC(=O)C(Cc1ccccc1)NC(=O)C(N)CS)C(=O)N1CCCC1C(=O)O. The fraction of sp³-hybridized carbons (Fsp3) is 0.522. The number of thiol groups is 1. The van der Waals surface area contributed by atoms with Crippen LogP contribution in [0.2, 0.25) is 0 Å². The van der Waals surface area contributed by atoms with Crippen LogP contribution >= 0.6 is 12.6 Å². The van der Waals surface area contributed by atoms with Gasteiger partial charge < -0.3 is 37.8 Å². The van der Waals surface area contributed by atoms with Crippen LogP contribution < -0.4 is 27.8 Å². The molecule has 0 bridgehead atoms. The molecule has 0 saturated carbocycles. The highest BCUT2D eigenvalue weighted by atomic mass is 32.1. The predicted molar refractivity (Wildman–Crippen MR) is 138 cm³/mol. The maximum absolute atomic E-state index is 13.3. The summed E-state index contributed by atoms with van der Waals surface area (Å²) in [4.78, 5) is 55.9. The fourth-order valence-electron chi connectivity index (χ4n) is 3.94. The first-order valence-corrected chi connectivity index (χ1v) is 12.4. The molecule has 12 nitrogen and oxygen atoms in total. The van der Waals surface area contributed by atoms with Gasteiger partial charge in [-0.3, -0.25) is 19.4 Å². The van der Waals surface area contributed by atoms with Gasteiger partial charge in [-0.25, -0.2) is 4.79 Å². The summed E-state index contributed by atoms with van der Waals surface area (Å²) in [5, 5.41) is 14.9. The van der Waals surface area contributed by atoms with Gasteiger partial charge in [0.05, 0.1) is 6.04 Å². The van der Waals surface area contributed by atoms with E-state index in [0.29, 0.717) is 19.3 Å². The lowest BCUT2D eigenvalue weighted by Gasteiger charge is -2.29. The second-order valence-corrected chi connectivity index (χ2v) is 8.94. The normalized spacial score (nSPS) is 17.5. The van der Waals surface area contributed by atoms with Gasteiger partial charge >= 0.3 is 5.97 Å². The summed E-state index contributed by atoms with van der Waals surface area (Å²) in [6, 6.07) is 5.14. The molecular weight excluding hydrogens is 486 g/mol. The van der Waals surface area contributed by atoms with Crippen molar-refractivity contribution >= 4 is 42.3 Å². The summed E-state index contributed by atoms with van der Waals surface area (Å²) < 4.78 is 0. The fourth-order valence-corrected chi connectivity index (χ4v) is 4.11. The molecule has 36 heavy (non-hydrogen) atoms. The highest BCUT2D eigenvalue weighted by molar-refractivity contribution is 7.80. The Balaban J connectivity index is 2.23. The van der Waals surface area contributed by atoms with E-state index < -0.39 is 47.9 Å². The van der Waals surface area contributed by atoms with Gasteiger partial charge in [0.15, 0.2) is 5.96 Å². The molecule has 1 aromatic rings. The van der Waals surface area contributed by atoms with E-state index in [0.717, 1.165) is 5.56 Å². The van der Waals surface area contributed by atoms with Crippen molar-refractivity contribution in [2.45, 2.75) is 56.3 Å². The molecule has 198 valence electrons. The van der Waals surface area contributed by atoms with Crippen molar-refractivity contribution in [2.24, 2.45) is 22.2 Å². The monoisotopic (exact) mass is 521 g/mol. The van der Waals surface area contributed by atoms with Gasteiger partial charge in [0.2, 0.25) is 17.7 Å². The Labute approximate surface area is 215 Å². The molecule has 0 aliphatic carbocycles. The maximum atomic E-state index is 13.3. The molecular formula is C23H35N7O5S. The summed E-state index contributed by atoms with van der Waals surface area (Å²) >= 11 is 4.03. The van der Waals surface area contributed by atoms with Crippen LogP contribution in [0.15, 0.2) is 35.3 Å². The van der Waals surface area contributed by atoms with E-state index >= 15 is 0 Å². The zero-order chi connectivity index (χ0) is 26.7. The van der Waals surface area contributed by atoms with E-state index in [9.17, 15) is 24.3 Å². The van der Waals surface area contributed by atoms with Crippen molar-refractivity contribution in [1.82, 2.24) is 15.5 Å². The van der Waals surface area contributed by atoms with Crippen LogP contribution in [0.3, 0.4) is 0 Å². The summed E-state index contributed by atoms with van der Waals surface area (Å²) in [5.74, 6) is -2.76. The smallest absolute Gasteiger partial charge is 0.326 e. The number of benzene rings is 1. The number of carboxylic acids is 1. The van der Waals surface area contributed by atoms with Crippen LogP contribution in [0.5, 0.6) is 0 Å². The van der Waals surface area contributed by atoms with Crippen LogP contribution in [-0.2, 0) is 25.6 Å². The number of aliphatic carboxylic acids is 1. The number of nitrogens with one attached hydrogen (secondary N) is 2. The first-order chi connectivity index (χ1) is 17.1. The number of nitrogens with two attached hydrogens (primary N) is 3. The zero-order valence-corrected chi connectivity index (χ0v) is 20.9. The van der Waals surface area contributed by atoms with Crippen molar-refractivity contribution in [2.75, 3.05) is 18.8 Å². The average molecular weight is 522 g/mol. The second-order valence-electron chi connectivity index (χ2n) is 8.58. The number of likely N-dealkylation sites (tertiary alicyclic amines) is 1. The Morgan fingerprint density at radius 1 is 1.11 bits per heavy atom. The molecule has 4 atom stereocenters. The minimum absolute atomic E-state index is 0.0863. The molecule has 9 N–H and O–H groups in total. The molecule has 1 saturated heterocycles. The second kappa shape index (κ2) is 14.3. The predicted octanol–water partition coefficient (Wildman–Crippen LogP) is -1.41. The molecule has 0 aromatic heterocycles. The van der Waals surface area contributed by atoms with E-state index in [4.69, 9.17) is 17.2 Å². The van der Waals surface area contributed by atoms with Crippen LogP contribution in [0.25, 0.3) is 0 Å². The highest BCUT2D eigenvalue weighted by Gasteiger charge is 2.38. The lowest BCUT2D eigenvalue weighted by atomic mass is 10.0. The van der Waals surface area contributed by atoms with Crippen LogP contribution in [0, 0.1) is 0 Å². The molecule has 0 spiro atoms. The Kier molecular flexibility index (Phi) is 11.5. The minimum Gasteiger partial charge on any atom is -0.480 e. The third-order valence-electron chi connectivity index (χ3n) is 5.83. The van der Waals surface area contributed by atoms with Gasteiger partial charge in [0.25, 0.3) is 0 Å². The minimum atomic E-state index is -1.10. The number of amides is 3. The number of carbonyl (C=O) groups excluding carboxylic acids is 3. The molecule has 1 aliphatic heterocycles. The number of guanidine groups is 1. The van der Waals surface area contributed by atoms with Crippen LogP contribution in [0.4, 0.5) is 0 Å². The van der Waals surface area contributed by atoms with E-state index in [1.54, 1.807) is 12.1 Å². The van der Waals surface area contributed by atoms with Gasteiger partial charge in [0, 0.05) is 25.3 Å². The zero-order valence-electron chi connectivity index (χ0n) is 20.0. The molecule has 1 fully saturated rings. The van der Waals surface area contributed by atoms with Gasteiger partial charge in [-0.1, -0.05) is 30.3 Å². The Morgan fingerprint density at radius 2 is 1.78 bits per heavy atom. The summed E-state index contributed by atoms with van der Waals surface area (Å²) in [5.41, 5.74) is 17.3. The number of nitrogens with zero attached hydrogens (tertiary/aromatic N) is 2. The summed E-state index contributed by atoms with van der Waals surface area (Å²) in [6.45, 7) is 0.502. The number of aliphatic imine (C=N–C) groups is 1. The molecule has 4 unspecified atom stereocenters.